The minimum Gasteiger partial charge on any atom is -0.445 e. The molecule has 2 aliphatic rings. The van der Waals surface area contributed by atoms with E-state index >= 15 is 0 Å². The van der Waals surface area contributed by atoms with Crippen LogP contribution in [0.15, 0.2) is 34.0 Å². The van der Waals surface area contributed by atoms with Crippen LogP contribution in [-0.4, -0.2) is 83.1 Å². The Bertz CT molecular complexity index is 1280. The van der Waals surface area contributed by atoms with Crippen molar-refractivity contribution in [3.63, 3.8) is 0 Å². The van der Waals surface area contributed by atoms with E-state index in [0.29, 0.717) is 5.57 Å². The molecule has 3 heterocycles. The molecular formula is C23H28N6O9S2. The first kappa shape index (κ1) is 30.4. The molecule has 0 radical (unpaired) electrons. The third kappa shape index (κ3) is 7.09. The number of oxime groups is 1. The van der Waals surface area contributed by atoms with E-state index in [4.69, 9.17) is 25.8 Å². The van der Waals surface area contributed by atoms with Crippen LogP contribution in [0, 0.1) is 5.41 Å². The molecule has 3 amide bonds. The lowest BCUT2D eigenvalue weighted by Crippen LogP contribution is -2.71. The number of hydrogen-bond acceptors (Lipinski definition) is 14. The number of nitrogens with zero attached hydrogens (tertiary/aromatic N) is 3. The highest BCUT2D eigenvalue weighted by Crippen LogP contribution is 2.41. The highest BCUT2D eigenvalue weighted by Gasteiger charge is 2.54. The first-order chi connectivity index (χ1) is 18.8. The number of nitrogens with one attached hydrogen (secondary N) is 1. The number of thiazole rings is 1. The second kappa shape index (κ2) is 12.8. The number of hydrogen-bond donors (Lipinski definition) is 3. The number of primary amides is 1. The van der Waals surface area contributed by atoms with Gasteiger partial charge in [0.2, 0.25) is 6.79 Å². The Kier molecular flexibility index (Phi) is 9.75. The zero-order valence-corrected chi connectivity index (χ0v) is 23.6. The molecule has 15 nitrogen and oxygen atoms in total. The van der Waals surface area contributed by atoms with E-state index in [-0.39, 0.29) is 34.6 Å². The van der Waals surface area contributed by atoms with Gasteiger partial charge in [-0.15, -0.1) is 23.1 Å². The van der Waals surface area contributed by atoms with Crippen molar-refractivity contribution in [1.82, 2.24) is 15.2 Å². The summed E-state index contributed by atoms with van der Waals surface area (Å²) in [5, 5.41) is 7.37. The van der Waals surface area contributed by atoms with E-state index in [1.807, 2.05) is 0 Å². The van der Waals surface area contributed by atoms with Crippen molar-refractivity contribution in [2.45, 2.75) is 32.2 Å². The van der Waals surface area contributed by atoms with Crippen LogP contribution in [0.3, 0.4) is 0 Å². The fourth-order valence-electron chi connectivity index (χ4n) is 3.40. The number of nitrogens with two attached hydrogens (primary N) is 2. The number of nitrogen functional groups attached to an aromatic ring is 1. The van der Waals surface area contributed by atoms with Gasteiger partial charge in [-0.05, 0) is 32.4 Å². The Labute approximate surface area is 236 Å². The predicted octanol–water partition coefficient (Wildman–Crippen LogP) is 0.471. The number of allylic oxidation sites excluding steroid dienone is 1. The van der Waals surface area contributed by atoms with Crippen LogP contribution in [0.25, 0.3) is 0 Å². The van der Waals surface area contributed by atoms with E-state index in [0.717, 1.165) is 11.3 Å². The second-order valence-electron chi connectivity index (χ2n) is 9.19. The molecule has 0 aliphatic carbocycles. The van der Waals surface area contributed by atoms with Crippen LogP contribution in [0.4, 0.5) is 9.93 Å². The average Bonchev–Trinajstić information content (AvgIpc) is 3.32. The van der Waals surface area contributed by atoms with E-state index in [1.54, 1.807) is 20.8 Å². The Balaban J connectivity index is 1.79. The van der Waals surface area contributed by atoms with Crippen molar-refractivity contribution in [3.05, 3.63) is 34.5 Å². The second-order valence-corrected chi connectivity index (χ2v) is 11.2. The Morgan fingerprint density at radius 3 is 2.58 bits per heavy atom. The van der Waals surface area contributed by atoms with Crippen molar-refractivity contribution in [1.29, 1.82) is 0 Å². The molecular weight excluding hydrogens is 568 g/mol. The summed E-state index contributed by atoms with van der Waals surface area (Å²) in [4.78, 5) is 72.1. The van der Waals surface area contributed by atoms with Crippen LogP contribution in [-0.2, 0) is 38.2 Å². The number of fused-ring (bicyclic) bond motifs is 1. The molecule has 3 rings (SSSR count). The van der Waals surface area contributed by atoms with Crippen molar-refractivity contribution >= 4 is 63.8 Å². The fourth-order valence-corrected chi connectivity index (χ4v) is 5.27. The molecule has 2 aliphatic heterocycles. The molecule has 0 unspecified atom stereocenters. The van der Waals surface area contributed by atoms with Gasteiger partial charge in [-0.1, -0.05) is 11.2 Å². The molecule has 1 aromatic heterocycles. The highest BCUT2D eigenvalue weighted by molar-refractivity contribution is 8.00. The standard InChI is InChI=1S/C23H28N6O9S2/c1-23(2,3)20(33)38-10-37-19(32)15-11(6-5-7-36-22(25)34)8-39-18-14(17(31)29(15)18)27-16(30)13(28-35-4)12-9-40-21(24)26-12/h5-6,9,14,18H,7-8,10H2,1-4H3,(H2,24,26)(H2,25,34)(H,27,30)/b6-5-,28-13-/t14-,18-/m1/s1. The molecule has 0 aromatic carbocycles. The van der Waals surface area contributed by atoms with E-state index < -0.39 is 53.5 Å². The predicted molar refractivity (Wildman–Crippen MR) is 143 cm³/mol. The summed E-state index contributed by atoms with van der Waals surface area (Å²) in [6.07, 6.45) is 1.94. The number of amides is 3. The van der Waals surface area contributed by atoms with E-state index in [2.05, 4.69) is 20.2 Å². The zero-order valence-electron chi connectivity index (χ0n) is 22.0. The van der Waals surface area contributed by atoms with Gasteiger partial charge < -0.3 is 35.8 Å². The number of aromatic nitrogens is 1. The van der Waals surface area contributed by atoms with Crippen molar-refractivity contribution in [3.8, 4) is 0 Å². The van der Waals surface area contributed by atoms with Gasteiger partial charge in [-0.2, -0.15) is 0 Å². The van der Waals surface area contributed by atoms with E-state index in [1.165, 1.54) is 41.3 Å². The number of ether oxygens (including phenoxy) is 3. The molecule has 0 saturated carbocycles. The summed E-state index contributed by atoms with van der Waals surface area (Å²) < 4.78 is 14.8. The number of anilines is 1. The molecule has 0 bridgehead atoms. The van der Waals surface area contributed by atoms with Crippen molar-refractivity contribution < 1.29 is 43.0 Å². The topological polar surface area (TPSA) is 215 Å². The molecule has 1 aromatic rings. The fraction of sp³-hybridized carbons (Fsp3) is 0.435. The third-order valence-corrected chi connectivity index (χ3v) is 7.25. The highest BCUT2D eigenvalue weighted by atomic mass is 32.2. The number of carbonyl (C=O) groups is 5. The molecule has 5 N–H and O–H groups in total. The summed E-state index contributed by atoms with van der Waals surface area (Å²) in [6.45, 7) is 4.07. The van der Waals surface area contributed by atoms with Crippen LogP contribution >= 0.6 is 23.1 Å². The summed E-state index contributed by atoms with van der Waals surface area (Å²) in [5.74, 6) is -2.63. The number of esters is 2. The van der Waals surface area contributed by atoms with Gasteiger partial charge in [0.05, 0.1) is 5.41 Å². The first-order valence-electron chi connectivity index (χ1n) is 11.6. The molecule has 1 saturated heterocycles. The first-order valence-corrected chi connectivity index (χ1v) is 13.5. The summed E-state index contributed by atoms with van der Waals surface area (Å²) in [5.41, 5.74) is 10.0. The van der Waals surface area contributed by atoms with Gasteiger partial charge in [0.1, 0.15) is 36.5 Å². The van der Waals surface area contributed by atoms with Gasteiger partial charge in [0.25, 0.3) is 11.8 Å². The SMILES string of the molecule is CO/N=C(\C(=O)N[C@@H]1C(=O)N2C(C(=O)OCOC(=O)C(C)(C)C)=C(/C=C\COC(N)=O)CS[C@H]12)c1csc(N)n1. The summed E-state index contributed by atoms with van der Waals surface area (Å²) in [7, 11) is 1.25. The lowest BCUT2D eigenvalue weighted by atomic mass is 9.98. The van der Waals surface area contributed by atoms with Gasteiger partial charge in [0, 0.05) is 11.1 Å². The third-order valence-electron chi connectivity index (χ3n) is 5.27. The molecule has 2 atom stereocenters. The number of thioether (sulfide) groups is 1. The average molecular weight is 597 g/mol. The van der Waals surface area contributed by atoms with Gasteiger partial charge in [-0.25, -0.2) is 14.6 Å². The molecule has 1 fully saturated rings. The minimum atomic E-state index is -1.01. The van der Waals surface area contributed by atoms with Gasteiger partial charge >= 0.3 is 18.0 Å². The largest absolute Gasteiger partial charge is 0.445 e. The zero-order chi connectivity index (χ0) is 29.6. The summed E-state index contributed by atoms with van der Waals surface area (Å²) in [6, 6.07) is -1.01. The monoisotopic (exact) mass is 596 g/mol. The number of carbonyl (C=O) groups excluding carboxylic acids is 5. The Morgan fingerprint density at radius 2 is 1.98 bits per heavy atom. The molecule has 216 valence electrons. The Hall–Kier alpha value is -4.12. The van der Waals surface area contributed by atoms with Crippen molar-refractivity contribution in [2.75, 3.05) is 32.0 Å². The Morgan fingerprint density at radius 1 is 1.25 bits per heavy atom. The summed E-state index contributed by atoms with van der Waals surface area (Å²) >= 11 is 2.37. The lowest BCUT2D eigenvalue weighted by Gasteiger charge is -2.49. The maximum Gasteiger partial charge on any atom is 0.404 e. The van der Waals surface area contributed by atoms with Crippen molar-refractivity contribution in [2.24, 2.45) is 16.3 Å². The van der Waals surface area contributed by atoms with Crippen LogP contribution in [0.2, 0.25) is 0 Å². The quantitative estimate of drug-likeness (QED) is 0.110. The van der Waals surface area contributed by atoms with E-state index in [9.17, 15) is 24.0 Å². The molecule has 17 heteroatoms. The number of rotatable bonds is 10. The smallest absolute Gasteiger partial charge is 0.404 e. The van der Waals surface area contributed by atoms with Gasteiger partial charge in [0.15, 0.2) is 10.8 Å². The lowest BCUT2D eigenvalue weighted by molar-refractivity contribution is -0.173. The van der Waals surface area contributed by atoms with Gasteiger partial charge in [-0.3, -0.25) is 19.3 Å². The molecule has 0 spiro atoms. The minimum absolute atomic E-state index is 0.112. The normalized spacial score (nSPS) is 19.1. The van der Waals surface area contributed by atoms with Crippen LogP contribution in [0.1, 0.15) is 26.5 Å². The molecule has 40 heavy (non-hydrogen) atoms. The number of β-lactam (4-membered cyclic amide) rings is 1. The van der Waals surface area contributed by atoms with Crippen LogP contribution < -0.4 is 16.8 Å². The van der Waals surface area contributed by atoms with Crippen LogP contribution in [0.5, 0.6) is 0 Å². The maximum atomic E-state index is 13.2. The maximum absolute atomic E-state index is 13.2.